The Morgan fingerprint density at radius 1 is 0.800 bits per heavy atom. The molecule has 0 radical (unpaired) electrons. The fourth-order valence-electron chi connectivity index (χ4n) is 2.23. The minimum Gasteiger partial charge on any atom is -0.487 e. The first-order chi connectivity index (χ1) is 16.5. The van der Waals surface area contributed by atoms with Crippen molar-refractivity contribution in [2.75, 3.05) is 12.0 Å². The van der Waals surface area contributed by atoms with Crippen molar-refractivity contribution in [3.8, 4) is 5.75 Å². The molecule has 4 N–H and O–H groups in total. The van der Waals surface area contributed by atoms with Crippen molar-refractivity contribution in [3.05, 3.63) is 38.7 Å². The molecule has 1 aromatic heterocycles. The number of hydrogen-bond donors (Lipinski definition) is 4. The number of carbonyl (C=O) groups is 3. The average Bonchev–Trinajstić information content (AvgIpc) is 2.78. The second kappa shape index (κ2) is 14.9. The Kier molecular flexibility index (Phi) is 12.3. The van der Waals surface area contributed by atoms with Gasteiger partial charge < -0.3 is 4.74 Å². The molecule has 0 spiro atoms. The van der Waals surface area contributed by atoms with E-state index in [1.807, 2.05) is 6.92 Å². The standard InChI is InChI=1S/C16H24N4O6.C3F3N3/c1-3-4-9-26-16-13(14(24)15(16)25)20-19-12(23)8-6-5-7-11(22)18-17-10(2)21;4-1-7-2(5)9-3(6)8-1/h20H,3-9H2,1-2H3,(H,17,21)(H,18,22)(H,19,23);. The molecule has 2 aromatic rings. The fraction of sp³-hybridized carbons (Fsp3) is 0.474. The van der Waals surface area contributed by atoms with Gasteiger partial charge in [0.2, 0.25) is 17.7 Å². The van der Waals surface area contributed by atoms with Crippen LogP contribution in [0.5, 0.6) is 5.75 Å². The van der Waals surface area contributed by atoms with Gasteiger partial charge in [0, 0.05) is 19.8 Å². The molecule has 0 bridgehead atoms. The van der Waals surface area contributed by atoms with Crippen LogP contribution < -0.4 is 37.3 Å². The minimum atomic E-state index is -1.46. The first-order valence-electron chi connectivity index (χ1n) is 10.3. The molecule has 13 nitrogen and oxygen atoms in total. The zero-order chi connectivity index (χ0) is 26.4. The molecule has 0 saturated carbocycles. The van der Waals surface area contributed by atoms with Gasteiger partial charge in [0.1, 0.15) is 0 Å². The highest BCUT2D eigenvalue weighted by molar-refractivity contribution is 5.81. The van der Waals surface area contributed by atoms with E-state index in [0.717, 1.165) is 12.8 Å². The fourth-order valence-corrected chi connectivity index (χ4v) is 2.23. The van der Waals surface area contributed by atoms with Crippen molar-refractivity contribution in [1.82, 2.24) is 31.2 Å². The topological polar surface area (TPSA) is 181 Å². The number of nitrogens with one attached hydrogen (secondary N) is 4. The number of nitrogens with zero attached hydrogens (tertiary/aromatic N) is 3. The Morgan fingerprint density at radius 2 is 1.31 bits per heavy atom. The van der Waals surface area contributed by atoms with E-state index < -0.39 is 29.1 Å². The molecule has 192 valence electrons. The molecule has 0 atom stereocenters. The molecule has 2 rings (SSSR count). The van der Waals surface area contributed by atoms with Gasteiger partial charge in [-0.1, -0.05) is 13.3 Å². The third kappa shape index (κ3) is 11.0. The summed E-state index contributed by atoms with van der Waals surface area (Å²) in [5, 5.41) is 0. The van der Waals surface area contributed by atoms with Crippen LogP contribution in [0, 0.1) is 18.2 Å². The number of halogens is 3. The molecular weight excluding hydrogens is 479 g/mol. The zero-order valence-electron chi connectivity index (χ0n) is 18.9. The van der Waals surface area contributed by atoms with E-state index in [1.54, 1.807) is 0 Å². The average molecular weight is 503 g/mol. The molecule has 3 amide bonds. The number of amides is 3. The first-order valence-corrected chi connectivity index (χ1v) is 10.3. The molecule has 0 aliphatic rings. The predicted octanol–water partition coefficient (Wildman–Crippen LogP) is -0.0788. The highest BCUT2D eigenvalue weighted by atomic mass is 19.2. The Bertz CT molecular complexity index is 1040. The van der Waals surface area contributed by atoms with E-state index in [1.165, 1.54) is 6.92 Å². The maximum absolute atomic E-state index is 11.7. The predicted molar refractivity (Wildman–Crippen MR) is 114 cm³/mol. The lowest BCUT2D eigenvalue weighted by Crippen LogP contribution is -2.41. The van der Waals surface area contributed by atoms with E-state index in [0.29, 0.717) is 19.4 Å². The summed E-state index contributed by atoms with van der Waals surface area (Å²) in [6, 6.07) is 0. The Morgan fingerprint density at radius 3 is 1.80 bits per heavy atom. The summed E-state index contributed by atoms with van der Waals surface area (Å²) in [5.41, 5.74) is 7.65. The number of hydrogen-bond acceptors (Lipinski definition) is 10. The van der Waals surface area contributed by atoms with Crippen LogP contribution in [0.3, 0.4) is 0 Å². The Balaban J connectivity index is 0.000000566. The molecule has 35 heavy (non-hydrogen) atoms. The van der Waals surface area contributed by atoms with Crippen LogP contribution >= 0.6 is 0 Å². The molecule has 0 saturated heterocycles. The lowest BCUT2D eigenvalue weighted by atomic mass is 10.2. The van der Waals surface area contributed by atoms with Crippen molar-refractivity contribution in [2.45, 2.75) is 52.4 Å². The number of ether oxygens (including phenoxy) is 1. The summed E-state index contributed by atoms with van der Waals surface area (Å²) in [5.74, 6) is -1.17. The van der Waals surface area contributed by atoms with Gasteiger partial charge >= 0.3 is 18.2 Å². The Hall–Kier alpha value is -4.11. The SMILES string of the molecule is CCCCOc1c(NNC(=O)CCCCC(=O)NNC(C)=O)c(=O)c1=O.Fc1nc(F)nc(F)n1. The quantitative estimate of drug-likeness (QED) is 0.184. The summed E-state index contributed by atoms with van der Waals surface area (Å²) in [4.78, 5) is 63.9. The highest BCUT2D eigenvalue weighted by Crippen LogP contribution is 2.16. The van der Waals surface area contributed by atoms with Crippen molar-refractivity contribution in [2.24, 2.45) is 0 Å². The van der Waals surface area contributed by atoms with Gasteiger partial charge in [0.05, 0.1) is 6.61 Å². The van der Waals surface area contributed by atoms with Gasteiger partial charge in [0.15, 0.2) is 11.4 Å². The lowest BCUT2D eigenvalue weighted by Gasteiger charge is -2.14. The monoisotopic (exact) mass is 503 g/mol. The maximum Gasteiger partial charge on any atom is 0.316 e. The molecule has 1 heterocycles. The van der Waals surface area contributed by atoms with Crippen molar-refractivity contribution in [1.29, 1.82) is 0 Å². The van der Waals surface area contributed by atoms with Gasteiger partial charge in [-0.15, -0.1) is 0 Å². The van der Waals surface area contributed by atoms with E-state index >= 15 is 0 Å². The van der Waals surface area contributed by atoms with Crippen LogP contribution in [0.25, 0.3) is 0 Å². The van der Waals surface area contributed by atoms with E-state index in [-0.39, 0.29) is 42.0 Å². The number of aromatic nitrogens is 3. The van der Waals surface area contributed by atoms with Crippen molar-refractivity contribution >= 4 is 23.4 Å². The molecule has 1 aromatic carbocycles. The molecule has 0 unspecified atom stereocenters. The van der Waals surface area contributed by atoms with Crippen LogP contribution in [0.15, 0.2) is 9.59 Å². The van der Waals surface area contributed by atoms with Gasteiger partial charge in [-0.05, 0) is 19.3 Å². The van der Waals surface area contributed by atoms with Crippen molar-refractivity contribution in [3.63, 3.8) is 0 Å². The van der Waals surface area contributed by atoms with E-state index in [4.69, 9.17) is 4.74 Å². The summed E-state index contributed by atoms with van der Waals surface area (Å²) in [6.45, 7) is 3.56. The molecule has 0 fully saturated rings. The number of carbonyl (C=O) groups excluding carboxylic acids is 3. The van der Waals surface area contributed by atoms with E-state index in [2.05, 4.69) is 36.7 Å². The van der Waals surface area contributed by atoms with Crippen LogP contribution in [-0.4, -0.2) is 39.3 Å². The lowest BCUT2D eigenvalue weighted by molar-refractivity contribution is -0.128. The van der Waals surface area contributed by atoms with Crippen molar-refractivity contribution < 1.29 is 32.3 Å². The summed E-state index contributed by atoms with van der Waals surface area (Å²) in [6.07, 6.45) is -1.56. The van der Waals surface area contributed by atoms with Crippen LogP contribution in [0.4, 0.5) is 18.9 Å². The van der Waals surface area contributed by atoms with Gasteiger partial charge in [-0.3, -0.25) is 45.7 Å². The number of anilines is 1. The second-order valence-corrected chi connectivity index (χ2v) is 6.82. The number of unbranched alkanes of at least 4 members (excludes halogenated alkanes) is 2. The second-order valence-electron chi connectivity index (χ2n) is 6.82. The molecule has 0 aliphatic carbocycles. The van der Waals surface area contributed by atoms with E-state index in [9.17, 15) is 37.1 Å². The zero-order valence-corrected chi connectivity index (χ0v) is 18.9. The minimum absolute atomic E-state index is 0.0471. The number of rotatable bonds is 11. The smallest absolute Gasteiger partial charge is 0.316 e. The largest absolute Gasteiger partial charge is 0.487 e. The molecular formula is C19H24F3N7O6. The van der Waals surface area contributed by atoms with Gasteiger partial charge in [0.25, 0.3) is 10.9 Å². The number of hydrazine groups is 2. The maximum atomic E-state index is 11.7. The van der Waals surface area contributed by atoms with Gasteiger partial charge in [-0.25, -0.2) is 0 Å². The summed E-state index contributed by atoms with van der Waals surface area (Å²) < 4.78 is 40.3. The third-order valence-electron chi connectivity index (χ3n) is 3.93. The Labute approximate surface area is 196 Å². The normalized spacial score (nSPS) is 10.1. The summed E-state index contributed by atoms with van der Waals surface area (Å²) >= 11 is 0. The summed E-state index contributed by atoms with van der Waals surface area (Å²) in [7, 11) is 0. The highest BCUT2D eigenvalue weighted by Gasteiger charge is 2.22. The van der Waals surface area contributed by atoms with Crippen LogP contribution in [0.1, 0.15) is 52.4 Å². The third-order valence-corrected chi connectivity index (χ3v) is 3.93. The van der Waals surface area contributed by atoms with Crippen LogP contribution in [0.2, 0.25) is 0 Å². The molecule has 16 heteroatoms. The first kappa shape index (κ1) is 28.9. The van der Waals surface area contributed by atoms with Gasteiger partial charge in [-0.2, -0.15) is 28.1 Å². The molecule has 0 aliphatic heterocycles. The van der Waals surface area contributed by atoms with Crippen LogP contribution in [-0.2, 0) is 14.4 Å².